The molecule has 4 rings (SSSR count). The molecule has 0 radical (unpaired) electrons. The van der Waals surface area contributed by atoms with E-state index < -0.39 is 5.82 Å². The number of hydrogen-bond acceptors (Lipinski definition) is 5. The molecular weight excluding hydrogens is 347 g/mol. The summed E-state index contributed by atoms with van der Waals surface area (Å²) < 4.78 is 18.9. The van der Waals surface area contributed by atoms with Crippen molar-refractivity contribution in [3.05, 3.63) is 47.4 Å². The van der Waals surface area contributed by atoms with Crippen LogP contribution in [0.2, 0.25) is 0 Å². The number of para-hydroxylation sites is 1. The molecule has 2 heterocycles. The first-order valence-corrected chi connectivity index (χ1v) is 9.46. The Morgan fingerprint density at radius 1 is 1.07 bits per heavy atom. The minimum Gasteiger partial charge on any atom is -0.481 e. The zero-order valence-electron chi connectivity index (χ0n) is 15.2. The standard InChI is InChI=1S/C20H23FN4O2/c21-16-6-2-4-8-18(16)27-14-20(26)25-11-9-24(10-12-25)19-13-15-5-1-3-7-17(15)22-23-19/h2,4,6,8,13H,1,3,5,7,9-12,14H2. The summed E-state index contributed by atoms with van der Waals surface area (Å²) in [6.07, 6.45) is 4.50. The minimum atomic E-state index is -0.457. The van der Waals surface area contributed by atoms with Gasteiger partial charge in [0.2, 0.25) is 0 Å². The monoisotopic (exact) mass is 370 g/mol. The average molecular weight is 370 g/mol. The van der Waals surface area contributed by atoms with Crippen molar-refractivity contribution in [3.63, 3.8) is 0 Å². The van der Waals surface area contributed by atoms with E-state index in [2.05, 4.69) is 21.2 Å². The Balaban J connectivity index is 1.31. The minimum absolute atomic E-state index is 0.105. The maximum Gasteiger partial charge on any atom is 0.260 e. The van der Waals surface area contributed by atoms with Crippen LogP contribution in [0, 0.1) is 5.82 Å². The number of amides is 1. The number of carbonyl (C=O) groups excluding carboxylic acids is 1. The van der Waals surface area contributed by atoms with Gasteiger partial charge in [-0.2, -0.15) is 5.10 Å². The normalized spacial score (nSPS) is 16.8. The quantitative estimate of drug-likeness (QED) is 0.826. The fourth-order valence-electron chi connectivity index (χ4n) is 3.61. The van der Waals surface area contributed by atoms with E-state index in [0.29, 0.717) is 26.2 Å². The van der Waals surface area contributed by atoms with Gasteiger partial charge in [-0.15, -0.1) is 5.10 Å². The highest BCUT2D eigenvalue weighted by Crippen LogP contribution is 2.23. The van der Waals surface area contributed by atoms with Gasteiger partial charge in [0.1, 0.15) is 0 Å². The third kappa shape index (κ3) is 4.02. The molecule has 1 aromatic carbocycles. The molecule has 0 N–H and O–H groups in total. The maximum atomic E-state index is 13.6. The van der Waals surface area contributed by atoms with Crippen molar-refractivity contribution in [2.24, 2.45) is 0 Å². The third-order valence-corrected chi connectivity index (χ3v) is 5.20. The first-order chi connectivity index (χ1) is 13.2. The van der Waals surface area contributed by atoms with Crippen LogP contribution in [0.5, 0.6) is 5.75 Å². The van der Waals surface area contributed by atoms with Crippen LogP contribution in [0.1, 0.15) is 24.1 Å². The van der Waals surface area contributed by atoms with Gasteiger partial charge in [0, 0.05) is 26.2 Å². The number of fused-ring (bicyclic) bond motifs is 1. The Morgan fingerprint density at radius 3 is 2.67 bits per heavy atom. The van der Waals surface area contributed by atoms with Crippen molar-refractivity contribution < 1.29 is 13.9 Å². The summed E-state index contributed by atoms with van der Waals surface area (Å²) in [5, 5.41) is 8.77. The van der Waals surface area contributed by atoms with Crippen LogP contribution < -0.4 is 9.64 Å². The molecule has 1 aliphatic carbocycles. The lowest BCUT2D eigenvalue weighted by Gasteiger charge is -2.35. The highest BCUT2D eigenvalue weighted by molar-refractivity contribution is 5.78. The molecule has 0 spiro atoms. The third-order valence-electron chi connectivity index (χ3n) is 5.20. The summed E-state index contributed by atoms with van der Waals surface area (Å²) >= 11 is 0. The van der Waals surface area contributed by atoms with Gasteiger partial charge in [0.25, 0.3) is 5.91 Å². The number of ether oxygens (including phenoxy) is 1. The topological polar surface area (TPSA) is 58.6 Å². The lowest BCUT2D eigenvalue weighted by atomic mass is 9.97. The van der Waals surface area contributed by atoms with Crippen molar-refractivity contribution in [2.45, 2.75) is 25.7 Å². The molecule has 2 aromatic rings. The number of carbonyl (C=O) groups is 1. The van der Waals surface area contributed by atoms with Gasteiger partial charge in [-0.25, -0.2) is 4.39 Å². The van der Waals surface area contributed by atoms with Crippen LogP contribution in [0.3, 0.4) is 0 Å². The molecule has 0 unspecified atom stereocenters. The SMILES string of the molecule is O=C(COc1ccccc1F)N1CCN(c2cc3c(nn2)CCCC3)CC1. The Hall–Kier alpha value is -2.70. The van der Waals surface area contributed by atoms with Gasteiger partial charge in [-0.1, -0.05) is 12.1 Å². The lowest BCUT2D eigenvalue weighted by Crippen LogP contribution is -2.50. The van der Waals surface area contributed by atoms with E-state index in [1.165, 1.54) is 30.5 Å². The Kier molecular flexibility index (Phi) is 5.18. The second kappa shape index (κ2) is 7.90. The lowest BCUT2D eigenvalue weighted by molar-refractivity contribution is -0.133. The molecule has 27 heavy (non-hydrogen) atoms. The first-order valence-electron chi connectivity index (χ1n) is 9.46. The summed E-state index contributed by atoms with van der Waals surface area (Å²) in [6, 6.07) is 8.27. The molecule has 1 amide bonds. The van der Waals surface area contributed by atoms with Gasteiger partial charge in [-0.3, -0.25) is 4.79 Å². The van der Waals surface area contributed by atoms with Gasteiger partial charge in [-0.05, 0) is 49.4 Å². The molecule has 7 heteroatoms. The summed E-state index contributed by atoms with van der Waals surface area (Å²) in [4.78, 5) is 16.3. The molecule has 142 valence electrons. The van der Waals surface area contributed by atoms with Gasteiger partial charge >= 0.3 is 0 Å². The number of benzene rings is 1. The smallest absolute Gasteiger partial charge is 0.260 e. The molecule has 1 aromatic heterocycles. The number of aromatic nitrogens is 2. The molecule has 0 bridgehead atoms. The number of nitrogens with zero attached hydrogens (tertiary/aromatic N) is 4. The molecule has 6 nitrogen and oxygen atoms in total. The zero-order valence-corrected chi connectivity index (χ0v) is 15.2. The van der Waals surface area contributed by atoms with Crippen LogP contribution in [0.25, 0.3) is 0 Å². The largest absolute Gasteiger partial charge is 0.481 e. The predicted octanol–water partition coefficient (Wildman–Crippen LogP) is 2.22. The fraction of sp³-hybridized carbons (Fsp3) is 0.450. The second-order valence-electron chi connectivity index (χ2n) is 6.97. The zero-order chi connectivity index (χ0) is 18.6. The highest BCUT2D eigenvalue weighted by atomic mass is 19.1. The second-order valence-corrected chi connectivity index (χ2v) is 6.97. The van der Waals surface area contributed by atoms with Crippen LogP contribution in [0.4, 0.5) is 10.2 Å². The number of halogens is 1. The van der Waals surface area contributed by atoms with Gasteiger partial charge in [0.05, 0.1) is 5.69 Å². The highest BCUT2D eigenvalue weighted by Gasteiger charge is 2.23. The van der Waals surface area contributed by atoms with Crippen molar-refractivity contribution in [3.8, 4) is 5.75 Å². The maximum absolute atomic E-state index is 13.6. The van der Waals surface area contributed by atoms with E-state index in [1.807, 2.05) is 0 Å². The molecular formula is C20H23FN4O2. The van der Waals surface area contributed by atoms with Gasteiger partial charge < -0.3 is 14.5 Å². The number of hydrogen-bond donors (Lipinski definition) is 0. The van der Waals surface area contributed by atoms with E-state index >= 15 is 0 Å². The summed E-state index contributed by atoms with van der Waals surface area (Å²) in [7, 11) is 0. The molecule has 0 saturated carbocycles. The van der Waals surface area contributed by atoms with E-state index in [9.17, 15) is 9.18 Å². The summed E-state index contributed by atoms with van der Waals surface area (Å²) in [6.45, 7) is 2.45. The van der Waals surface area contributed by atoms with Crippen LogP contribution in [-0.2, 0) is 17.6 Å². The molecule has 1 fully saturated rings. The molecule has 1 saturated heterocycles. The van der Waals surface area contributed by atoms with E-state index in [-0.39, 0.29) is 18.3 Å². The molecule has 1 aliphatic heterocycles. The Labute approximate surface area is 157 Å². The van der Waals surface area contributed by atoms with Gasteiger partial charge in [0.15, 0.2) is 24.0 Å². The average Bonchev–Trinajstić information content (AvgIpc) is 2.73. The molecule has 2 aliphatic rings. The fourth-order valence-corrected chi connectivity index (χ4v) is 3.61. The predicted molar refractivity (Wildman–Crippen MR) is 99.4 cm³/mol. The van der Waals surface area contributed by atoms with E-state index in [0.717, 1.165) is 24.4 Å². The van der Waals surface area contributed by atoms with Crippen LogP contribution in [0.15, 0.2) is 30.3 Å². The number of anilines is 1. The van der Waals surface area contributed by atoms with Crippen molar-refractivity contribution >= 4 is 11.7 Å². The van der Waals surface area contributed by atoms with Crippen LogP contribution >= 0.6 is 0 Å². The molecule has 0 atom stereocenters. The number of aryl methyl sites for hydroxylation is 2. The Morgan fingerprint density at radius 2 is 1.85 bits per heavy atom. The van der Waals surface area contributed by atoms with Crippen molar-refractivity contribution in [1.82, 2.24) is 15.1 Å². The van der Waals surface area contributed by atoms with Crippen molar-refractivity contribution in [2.75, 3.05) is 37.7 Å². The van der Waals surface area contributed by atoms with Crippen molar-refractivity contribution in [1.29, 1.82) is 0 Å². The van der Waals surface area contributed by atoms with E-state index in [4.69, 9.17) is 4.74 Å². The first kappa shape index (κ1) is 17.7. The number of piperazine rings is 1. The van der Waals surface area contributed by atoms with E-state index in [1.54, 1.807) is 17.0 Å². The van der Waals surface area contributed by atoms with Crippen LogP contribution in [-0.4, -0.2) is 53.8 Å². The summed E-state index contributed by atoms with van der Waals surface area (Å²) in [5.41, 5.74) is 2.44. The Bertz CT molecular complexity index is 821. The number of rotatable bonds is 4. The summed E-state index contributed by atoms with van der Waals surface area (Å²) in [5.74, 6) is 0.412.